The van der Waals surface area contributed by atoms with Gasteiger partial charge in [-0.1, -0.05) is 6.58 Å². The van der Waals surface area contributed by atoms with E-state index in [-0.39, 0.29) is 34.5 Å². The van der Waals surface area contributed by atoms with Gasteiger partial charge in [0.1, 0.15) is 17.2 Å². The Morgan fingerprint density at radius 3 is 2.73 bits per heavy atom. The number of benzene rings is 1. The van der Waals surface area contributed by atoms with E-state index in [1.54, 1.807) is 6.92 Å². The van der Waals surface area contributed by atoms with Crippen LogP contribution >= 0.6 is 0 Å². The van der Waals surface area contributed by atoms with Crippen LogP contribution in [0.25, 0.3) is 11.0 Å². The van der Waals surface area contributed by atoms with E-state index in [2.05, 4.69) is 28.3 Å². The van der Waals surface area contributed by atoms with Gasteiger partial charge in [0.15, 0.2) is 11.6 Å². The normalized spacial score (nSPS) is 17.7. The second-order valence-electron chi connectivity index (χ2n) is 6.12. The van der Waals surface area contributed by atoms with Crippen molar-refractivity contribution in [3.8, 4) is 0 Å². The van der Waals surface area contributed by atoms with Gasteiger partial charge in [-0.25, -0.2) is 18.2 Å². The van der Waals surface area contributed by atoms with Gasteiger partial charge in [-0.15, -0.1) is 0 Å². The molecule has 1 atom stereocenters. The number of aryl methyl sites for hydroxylation is 1. The predicted molar refractivity (Wildman–Crippen MR) is 92.7 cm³/mol. The molecule has 1 aromatic carbocycles. The number of hydrogen-bond donors (Lipinski definition) is 1. The van der Waals surface area contributed by atoms with E-state index >= 15 is 0 Å². The molecule has 1 aromatic heterocycles. The number of hydrogen-bond acceptors (Lipinski definition) is 3. The minimum atomic E-state index is -0.860. The van der Waals surface area contributed by atoms with Gasteiger partial charge >= 0.3 is 0 Å². The maximum Gasteiger partial charge on any atom is 0.290 e. The number of aromatic amines is 1. The fourth-order valence-corrected chi connectivity index (χ4v) is 3.24. The van der Waals surface area contributed by atoms with Crippen molar-refractivity contribution in [2.45, 2.75) is 26.3 Å². The molecule has 0 aliphatic carbocycles. The number of amides is 1. The maximum absolute atomic E-state index is 14.0. The summed E-state index contributed by atoms with van der Waals surface area (Å²) in [5, 5.41) is 0. The lowest BCUT2D eigenvalue weighted by Crippen LogP contribution is -2.44. The molecule has 0 spiro atoms. The molecule has 8 heteroatoms. The zero-order chi connectivity index (χ0) is 19.2. The number of imidazole rings is 1. The highest BCUT2D eigenvalue weighted by atomic mass is 19.1. The topological polar surface area (TPSA) is 61.4 Å². The van der Waals surface area contributed by atoms with E-state index in [0.29, 0.717) is 12.1 Å². The summed E-state index contributed by atoms with van der Waals surface area (Å²) < 4.78 is 41.5. The number of rotatable bonds is 3. The van der Waals surface area contributed by atoms with Crippen LogP contribution in [0.15, 0.2) is 34.7 Å². The second-order valence-corrected chi connectivity index (χ2v) is 6.12. The Balaban J connectivity index is 2.03. The van der Waals surface area contributed by atoms with Gasteiger partial charge in [0.25, 0.3) is 5.91 Å². The molecule has 26 heavy (non-hydrogen) atoms. The van der Waals surface area contributed by atoms with Crippen molar-refractivity contribution in [3.05, 3.63) is 52.8 Å². The first kappa shape index (κ1) is 17.9. The molecule has 1 unspecified atom stereocenters. The summed E-state index contributed by atoms with van der Waals surface area (Å²) >= 11 is 0. The molecule has 5 nitrogen and oxygen atoms in total. The molecule has 136 valence electrons. The molecule has 1 aliphatic rings. The Hall–Kier alpha value is -2.90. The summed E-state index contributed by atoms with van der Waals surface area (Å²) in [5.74, 6) is -2.97. The molecule has 0 fully saturated rings. The molecule has 0 saturated carbocycles. The fraction of sp³-hybridized carbons (Fsp3) is 0.278. The van der Waals surface area contributed by atoms with Gasteiger partial charge in [-0.2, -0.15) is 0 Å². The smallest absolute Gasteiger partial charge is 0.290 e. The number of aromatic nitrogens is 2. The number of fused-ring (bicyclic) bond motifs is 1. The van der Waals surface area contributed by atoms with Crippen molar-refractivity contribution >= 4 is 23.7 Å². The van der Waals surface area contributed by atoms with Crippen LogP contribution in [0.4, 0.5) is 13.2 Å². The van der Waals surface area contributed by atoms with Gasteiger partial charge in [0, 0.05) is 35.9 Å². The van der Waals surface area contributed by atoms with Crippen LogP contribution in [-0.2, 0) is 0 Å². The lowest BCUT2D eigenvalue weighted by atomic mass is 9.97. The Bertz CT molecular complexity index is 976. The van der Waals surface area contributed by atoms with Crippen LogP contribution in [0, 0.1) is 18.6 Å². The summed E-state index contributed by atoms with van der Waals surface area (Å²) in [7, 11) is 0. The molecule has 1 aliphatic heterocycles. The van der Waals surface area contributed by atoms with E-state index in [4.69, 9.17) is 0 Å². The molecule has 1 amide bonds. The first-order valence-electron chi connectivity index (χ1n) is 7.96. The van der Waals surface area contributed by atoms with E-state index in [1.807, 2.05) is 0 Å². The standard InChI is InChI=1S/C18H17F3N4O/c1-8-11(20)7-12(21)16-15(8)23-17(24-16)18(26)25-6-5-13(22-4)14(9(2)19)10(25)3/h7,10H,2,4-6H2,1,3H3,(H,23,24). The van der Waals surface area contributed by atoms with Crippen LogP contribution in [-0.4, -0.2) is 40.1 Å². The van der Waals surface area contributed by atoms with Gasteiger partial charge in [0.05, 0.1) is 11.6 Å². The minimum absolute atomic E-state index is 0.115. The summed E-state index contributed by atoms with van der Waals surface area (Å²) in [6.45, 7) is 10.1. The van der Waals surface area contributed by atoms with E-state index in [0.717, 1.165) is 6.07 Å². The quantitative estimate of drug-likeness (QED) is 0.844. The average Bonchev–Trinajstić information content (AvgIpc) is 3.04. The summed E-state index contributed by atoms with van der Waals surface area (Å²) in [6, 6.07) is 0.0804. The second kappa shape index (κ2) is 6.44. The van der Waals surface area contributed by atoms with Gasteiger partial charge in [-0.3, -0.25) is 9.79 Å². The van der Waals surface area contributed by atoms with Crippen molar-refractivity contribution in [2.24, 2.45) is 4.99 Å². The highest BCUT2D eigenvalue weighted by molar-refractivity contribution is 5.95. The fourth-order valence-electron chi connectivity index (χ4n) is 3.24. The molecule has 1 N–H and O–H groups in total. The van der Waals surface area contributed by atoms with Crippen LogP contribution in [0.3, 0.4) is 0 Å². The summed E-state index contributed by atoms with van der Waals surface area (Å²) in [5.41, 5.74) is 0.813. The van der Waals surface area contributed by atoms with Crippen molar-refractivity contribution in [1.29, 1.82) is 0 Å². The molecule has 0 saturated heterocycles. The molecular weight excluding hydrogens is 345 g/mol. The molecule has 2 aromatic rings. The third-order valence-corrected chi connectivity index (χ3v) is 4.65. The minimum Gasteiger partial charge on any atom is -0.333 e. The lowest BCUT2D eigenvalue weighted by Gasteiger charge is -2.34. The monoisotopic (exact) mass is 362 g/mol. The molecular formula is C18H17F3N4O. The summed E-state index contributed by atoms with van der Waals surface area (Å²) in [4.78, 5) is 24.7. The number of aliphatic imine (C=N–C) groups is 1. The van der Waals surface area contributed by atoms with E-state index < -0.39 is 29.4 Å². The maximum atomic E-state index is 14.0. The predicted octanol–water partition coefficient (Wildman–Crippen LogP) is 3.82. The number of carbonyl (C=O) groups is 1. The Kier molecular flexibility index (Phi) is 4.43. The zero-order valence-corrected chi connectivity index (χ0v) is 14.4. The van der Waals surface area contributed by atoms with Gasteiger partial charge in [-0.05, 0) is 20.6 Å². The third kappa shape index (κ3) is 2.71. The van der Waals surface area contributed by atoms with Crippen LogP contribution in [0.1, 0.15) is 29.5 Å². The van der Waals surface area contributed by atoms with E-state index in [1.165, 1.54) is 11.8 Å². The highest BCUT2D eigenvalue weighted by Gasteiger charge is 2.33. The van der Waals surface area contributed by atoms with Crippen molar-refractivity contribution < 1.29 is 18.0 Å². The SMILES string of the molecule is C=NC1=C(C(=C)F)C(C)N(C(=O)c2nc3c(F)cc(F)c(C)c3[nH]2)CC1. The highest BCUT2D eigenvalue weighted by Crippen LogP contribution is 2.31. The first-order chi connectivity index (χ1) is 12.3. The number of halogens is 3. The number of nitrogens with one attached hydrogen (secondary N) is 1. The summed E-state index contributed by atoms with van der Waals surface area (Å²) in [6.07, 6.45) is 0.306. The Morgan fingerprint density at radius 1 is 1.42 bits per heavy atom. The van der Waals surface area contributed by atoms with Gasteiger partial charge in [0.2, 0.25) is 0 Å². The van der Waals surface area contributed by atoms with E-state index in [9.17, 15) is 18.0 Å². The molecule has 0 bridgehead atoms. The first-order valence-corrected chi connectivity index (χ1v) is 7.96. The Labute approximate surface area is 147 Å². The molecule has 0 radical (unpaired) electrons. The van der Waals surface area contributed by atoms with Crippen LogP contribution in [0.2, 0.25) is 0 Å². The Morgan fingerprint density at radius 2 is 2.12 bits per heavy atom. The van der Waals surface area contributed by atoms with Crippen molar-refractivity contribution in [3.63, 3.8) is 0 Å². The lowest BCUT2D eigenvalue weighted by molar-refractivity contribution is 0.0695. The average molecular weight is 362 g/mol. The zero-order valence-electron chi connectivity index (χ0n) is 14.4. The van der Waals surface area contributed by atoms with Gasteiger partial charge < -0.3 is 9.88 Å². The van der Waals surface area contributed by atoms with Crippen molar-refractivity contribution in [1.82, 2.24) is 14.9 Å². The number of nitrogens with zero attached hydrogens (tertiary/aromatic N) is 3. The number of H-pyrrole nitrogens is 1. The van der Waals surface area contributed by atoms with Crippen molar-refractivity contribution in [2.75, 3.05) is 6.54 Å². The molecule has 3 rings (SSSR count). The largest absolute Gasteiger partial charge is 0.333 e. The van der Waals surface area contributed by atoms with Crippen LogP contribution < -0.4 is 0 Å². The number of carbonyl (C=O) groups excluding carboxylic acids is 1. The molecule has 2 heterocycles. The van der Waals surface area contributed by atoms with Crippen LogP contribution in [0.5, 0.6) is 0 Å². The third-order valence-electron chi connectivity index (χ3n) is 4.65.